The van der Waals surface area contributed by atoms with Crippen LogP contribution in [0.25, 0.3) is 0 Å². The van der Waals surface area contributed by atoms with Crippen molar-refractivity contribution in [2.75, 3.05) is 0 Å². The van der Waals surface area contributed by atoms with Crippen molar-refractivity contribution in [3.8, 4) is 0 Å². The minimum Gasteiger partial charge on any atom is -0.480 e. The molecule has 146 valence electrons. The molecular formula is C18H34N2O5. The number of aliphatic carboxylic acids is 1. The van der Waals surface area contributed by atoms with E-state index in [1.165, 1.54) is 0 Å². The Labute approximate surface area is 150 Å². The van der Waals surface area contributed by atoms with Crippen LogP contribution >= 0.6 is 0 Å². The third kappa shape index (κ3) is 11.4. The van der Waals surface area contributed by atoms with Gasteiger partial charge in [-0.25, -0.2) is 9.59 Å². The van der Waals surface area contributed by atoms with Gasteiger partial charge in [-0.3, -0.25) is 4.79 Å². The summed E-state index contributed by atoms with van der Waals surface area (Å²) in [4.78, 5) is 36.0. The number of carbonyl (C=O) groups excluding carboxylic acids is 2. The number of hydrogen-bond donors (Lipinski definition) is 3. The molecule has 0 saturated heterocycles. The van der Waals surface area contributed by atoms with Gasteiger partial charge in [0.15, 0.2) is 0 Å². The van der Waals surface area contributed by atoms with Gasteiger partial charge in [0.25, 0.3) is 0 Å². The Hall–Kier alpha value is -1.79. The molecule has 0 aliphatic rings. The molecule has 0 bridgehead atoms. The number of carbonyl (C=O) groups is 3. The lowest BCUT2D eigenvalue weighted by Gasteiger charge is -2.28. The maximum Gasteiger partial charge on any atom is 0.408 e. The lowest BCUT2D eigenvalue weighted by molar-refractivity contribution is -0.142. The SMILES string of the molecule is CC(C)CC(NC(=O)[C@H](CC(C)(C)C)NC(=O)OC(C)(C)C)C(=O)O. The Morgan fingerprint density at radius 1 is 0.960 bits per heavy atom. The van der Waals surface area contributed by atoms with Crippen LogP contribution < -0.4 is 10.6 Å². The predicted octanol–water partition coefficient (Wildman–Crippen LogP) is 2.93. The molecule has 2 amide bonds. The second-order valence-corrected chi connectivity index (χ2v) is 8.99. The van der Waals surface area contributed by atoms with Gasteiger partial charge in [-0.1, -0.05) is 34.6 Å². The minimum absolute atomic E-state index is 0.112. The maximum atomic E-state index is 12.6. The third-order valence-corrected chi connectivity index (χ3v) is 3.15. The molecule has 0 radical (unpaired) electrons. The van der Waals surface area contributed by atoms with Crippen LogP contribution in [0.4, 0.5) is 4.79 Å². The van der Waals surface area contributed by atoms with E-state index in [0.29, 0.717) is 12.8 Å². The van der Waals surface area contributed by atoms with E-state index in [4.69, 9.17) is 4.74 Å². The number of carboxylic acid groups (broad SMARTS) is 1. The highest BCUT2D eigenvalue weighted by atomic mass is 16.6. The van der Waals surface area contributed by atoms with E-state index in [1.54, 1.807) is 20.8 Å². The Morgan fingerprint density at radius 3 is 1.84 bits per heavy atom. The van der Waals surface area contributed by atoms with Gasteiger partial charge in [-0.2, -0.15) is 0 Å². The average Bonchev–Trinajstić information content (AvgIpc) is 2.32. The van der Waals surface area contributed by atoms with E-state index in [9.17, 15) is 19.5 Å². The maximum absolute atomic E-state index is 12.6. The summed E-state index contributed by atoms with van der Waals surface area (Å²) in [6.07, 6.45) is -0.0328. The molecule has 0 aromatic carbocycles. The molecule has 0 spiro atoms. The van der Waals surface area contributed by atoms with Crippen molar-refractivity contribution in [2.24, 2.45) is 11.3 Å². The van der Waals surface area contributed by atoms with E-state index in [0.717, 1.165) is 0 Å². The predicted molar refractivity (Wildman–Crippen MR) is 96.3 cm³/mol. The topological polar surface area (TPSA) is 105 Å². The Balaban J connectivity index is 5.15. The van der Waals surface area contributed by atoms with Crippen molar-refractivity contribution in [3.05, 3.63) is 0 Å². The Bertz CT molecular complexity index is 475. The highest BCUT2D eigenvalue weighted by molar-refractivity contribution is 5.89. The van der Waals surface area contributed by atoms with Crippen molar-refractivity contribution in [2.45, 2.75) is 85.9 Å². The molecule has 25 heavy (non-hydrogen) atoms. The van der Waals surface area contributed by atoms with Crippen molar-refractivity contribution in [1.82, 2.24) is 10.6 Å². The van der Waals surface area contributed by atoms with Gasteiger partial charge in [0.1, 0.15) is 17.7 Å². The third-order valence-electron chi connectivity index (χ3n) is 3.15. The fraction of sp³-hybridized carbons (Fsp3) is 0.833. The van der Waals surface area contributed by atoms with E-state index in [2.05, 4.69) is 10.6 Å². The normalized spacial score (nSPS) is 14.6. The molecule has 7 heteroatoms. The molecule has 0 saturated carbocycles. The molecule has 2 atom stereocenters. The first-order chi connectivity index (χ1) is 11.1. The van der Waals surface area contributed by atoms with Crippen LogP contribution in [0, 0.1) is 11.3 Å². The van der Waals surface area contributed by atoms with Crippen LogP contribution in [-0.2, 0) is 14.3 Å². The lowest BCUT2D eigenvalue weighted by atomic mass is 9.87. The van der Waals surface area contributed by atoms with Gasteiger partial charge in [-0.05, 0) is 44.9 Å². The Kier molecular flexibility index (Phi) is 8.41. The van der Waals surface area contributed by atoms with Crippen LogP contribution in [-0.4, -0.2) is 40.8 Å². The highest BCUT2D eigenvalue weighted by Crippen LogP contribution is 2.21. The number of rotatable bonds is 7. The molecule has 0 rings (SSSR count). The van der Waals surface area contributed by atoms with Gasteiger partial charge in [-0.15, -0.1) is 0 Å². The summed E-state index contributed by atoms with van der Waals surface area (Å²) in [5.74, 6) is -1.50. The molecule has 0 aromatic heterocycles. The molecule has 0 aromatic rings. The number of amides is 2. The Morgan fingerprint density at radius 2 is 1.48 bits per heavy atom. The van der Waals surface area contributed by atoms with Crippen LogP contribution in [0.2, 0.25) is 0 Å². The molecule has 3 N–H and O–H groups in total. The molecule has 0 heterocycles. The van der Waals surface area contributed by atoms with Crippen molar-refractivity contribution in [3.63, 3.8) is 0 Å². The van der Waals surface area contributed by atoms with Crippen molar-refractivity contribution in [1.29, 1.82) is 0 Å². The summed E-state index contributed by atoms with van der Waals surface area (Å²) in [6.45, 7) is 14.8. The van der Waals surface area contributed by atoms with Gasteiger partial charge in [0.05, 0.1) is 0 Å². The molecule has 0 aliphatic heterocycles. The molecule has 1 unspecified atom stereocenters. The summed E-state index contributed by atoms with van der Waals surface area (Å²) in [7, 11) is 0. The zero-order valence-electron chi connectivity index (χ0n) is 16.7. The van der Waals surface area contributed by atoms with E-state index in [-0.39, 0.29) is 11.3 Å². The highest BCUT2D eigenvalue weighted by Gasteiger charge is 2.31. The summed E-state index contributed by atoms with van der Waals surface area (Å²) in [5.41, 5.74) is -0.929. The van der Waals surface area contributed by atoms with Gasteiger partial charge in [0, 0.05) is 0 Å². The van der Waals surface area contributed by atoms with Gasteiger partial charge in [0.2, 0.25) is 5.91 Å². The number of hydrogen-bond acceptors (Lipinski definition) is 4. The standard InChI is InChI=1S/C18H34N2O5/c1-11(2)9-12(15(22)23)19-14(21)13(10-17(3,4)5)20-16(24)25-18(6,7)8/h11-13H,9-10H2,1-8H3,(H,19,21)(H,20,24)(H,22,23)/t12?,13-/m0/s1. The second-order valence-electron chi connectivity index (χ2n) is 8.99. The fourth-order valence-corrected chi connectivity index (χ4v) is 2.24. The van der Waals surface area contributed by atoms with Crippen molar-refractivity contribution >= 4 is 18.0 Å². The summed E-state index contributed by atoms with van der Waals surface area (Å²) in [6, 6.07) is -1.86. The summed E-state index contributed by atoms with van der Waals surface area (Å²) >= 11 is 0. The van der Waals surface area contributed by atoms with E-state index < -0.39 is 35.7 Å². The fourth-order valence-electron chi connectivity index (χ4n) is 2.24. The van der Waals surface area contributed by atoms with Gasteiger partial charge >= 0.3 is 12.1 Å². The van der Waals surface area contributed by atoms with Crippen LogP contribution in [0.1, 0.15) is 68.2 Å². The van der Waals surface area contributed by atoms with E-state index >= 15 is 0 Å². The monoisotopic (exact) mass is 358 g/mol. The molecular weight excluding hydrogens is 324 g/mol. The molecule has 0 fully saturated rings. The van der Waals surface area contributed by atoms with Crippen LogP contribution in [0.5, 0.6) is 0 Å². The zero-order chi connectivity index (χ0) is 20.0. The number of ether oxygens (including phenoxy) is 1. The summed E-state index contributed by atoms with van der Waals surface area (Å²) < 4.78 is 5.20. The minimum atomic E-state index is -1.09. The first-order valence-corrected chi connectivity index (χ1v) is 8.63. The second kappa shape index (κ2) is 9.06. The van der Waals surface area contributed by atoms with Crippen LogP contribution in [0.15, 0.2) is 0 Å². The van der Waals surface area contributed by atoms with E-state index in [1.807, 2.05) is 34.6 Å². The smallest absolute Gasteiger partial charge is 0.408 e. The number of alkyl carbamates (subject to hydrolysis) is 1. The number of carboxylic acids is 1. The molecule has 0 aliphatic carbocycles. The average molecular weight is 358 g/mol. The summed E-state index contributed by atoms with van der Waals surface area (Å²) in [5, 5.41) is 14.4. The zero-order valence-corrected chi connectivity index (χ0v) is 16.7. The van der Waals surface area contributed by atoms with Crippen LogP contribution in [0.3, 0.4) is 0 Å². The molecule has 7 nitrogen and oxygen atoms in total. The first kappa shape index (κ1) is 23.2. The quantitative estimate of drug-likeness (QED) is 0.649. The lowest BCUT2D eigenvalue weighted by Crippen LogP contribution is -2.53. The van der Waals surface area contributed by atoms with Gasteiger partial charge < -0.3 is 20.5 Å². The number of nitrogens with one attached hydrogen (secondary N) is 2. The van der Waals surface area contributed by atoms with Crippen molar-refractivity contribution < 1.29 is 24.2 Å². The first-order valence-electron chi connectivity index (χ1n) is 8.63. The largest absolute Gasteiger partial charge is 0.480 e.